The number of hydrogen-bond donors (Lipinski definition) is 1. The molecular weight excluding hydrogens is 183 g/mol. The lowest BCUT2D eigenvalue weighted by Crippen LogP contribution is -2.12. The fraction of sp³-hybridized carbons (Fsp3) is 0. The van der Waals surface area contributed by atoms with E-state index in [4.69, 9.17) is 5.73 Å². The third-order valence-electron chi connectivity index (χ3n) is 1.82. The number of amides is 1. The van der Waals surface area contributed by atoms with Crippen LogP contribution in [0.4, 0.5) is 4.39 Å². The Morgan fingerprint density at radius 1 is 1.50 bits per heavy atom. The van der Waals surface area contributed by atoms with Crippen molar-refractivity contribution in [2.45, 2.75) is 0 Å². The van der Waals surface area contributed by atoms with Crippen molar-refractivity contribution in [1.29, 1.82) is 0 Å². The number of nitrogens with two attached hydrogens (primary N) is 1. The second-order valence-electron chi connectivity index (χ2n) is 2.82. The Kier molecular flexibility index (Phi) is 1.89. The molecule has 0 aliphatic carbocycles. The smallest absolute Gasteiger partial charge is 0.267 e. The number of fused-ring (bicyclic) bond motifs is 1. The van der Waals surface area contributed by atoms with E-state index >= 15 is 0 Å². The zero-order valence-electron chi connectivity index (χ0n) is 7.12. The molecule has 2 N–H and O–H groups in total. The van der Waals surface area contributed by atoms with Crippen LogP contribution in [0.5, 0.6) is 0 Å². The van der Waals surface area contributed by atoms with E-state index in [1.54, 1.807) is 6.07 Å². The first kappa shape index (κ1) is 8.62. The lowest BCUT2D eigenvalue weighted by atomic mass is 10.2. The van der Waals surface area contributed by atoms with Crippen LogP contribution < -0.4 is 5.73 Å². The summed E-state index contributed by atoms with van der Waals surface area (Å²) in [6.45, 7) is 0. The average Bonchev–Trinajstić information content (AvgIpc) is 2.16. The molecule has 0 saturated carbocycles. The Labute approximate surface area is 79.4 Å². The van der Waals surface area contributed by atoms with Gasteiger partial charge >= 0.3 is 0 Å². The molecule has 14 heavy (non-hydrogen) atoms. The molecule has 1 radical (unpaired) electrons. The highest BCUT2D eigenvalue weighted by Crippen LogP contribution is 2.13. The highest BCUT2D eigenvalue weighted by Gasteiger charge is 2.03. The summed E-state index contributed by atoms with van der Waals surface area (Å²) in [4.78, 5) is 14.7. The second-order valence-corrected chi connectivity index (χ2v) is 2.82. The third-order valence-corrected chi connectivity index (χ3v) is 1.82. The number of rotatable bonds is 1. The minimum atomic E-state index is -0.607. The van der Waals surface area contributed by atoms with Crippen LogP contribution in [0.15, 0.2) is 24.3 Å². The van der Waals surface area contributed by atoms with Gasteiger partial charge in [0.05, 0.1) is 5.52 Å². The molecular formula is C10H6FN2O. The summed E-state index contributed by atoms with van der Waals surface area (Å²) in [5, 5.41) is 0.593. The molecule has 1 aromatic carbocycles. The van der Waals surface area contributed by atoms with E-state index in [-0.39, 0.29) is 11.5 Å². The fourth-order valence-corrected chi connectivity index (χ4v) is 1.17. The van der Waals surface area contributed by atoms with Crippen molar-refractivity contribution < 1.29 is 9.18 Å². The summed E-state index contributed by atoms with van der Waals surface area (Å²) >= 11 is 0. The largest absolute Gasteiger partial charge is 0.364 e. The van der Waals surface area contributed by atoms with Crippen LogP contribution in [0.1, 0.15) is 10.5 Å². The average molecular weight is 189 g/mol. The number of hydrogen-bond acceptors (Lipinski definition) is 2. The van der Waals surface area contributed by atoms with E-state index in [9.17, 15) is 9.18 Å². The van der Waals surface area contributed by atoms with Crippen molar-refractivity contribution in [1.82, 2.24) is 4.98 Å². The fourth-order valence-electron chi connectivity index (χ4n) is 1.17. The van der Waals surface area contributed by atoms with Gasteiger partial charge in [-0.15, -0.1) is 0 Å². The summed E-state index contributed by atoms with van der Waals surface area (Å²) in [6.07, 6.45) is 0. The van der Waals surface area contributed by atoms with Crippen molar-refractivity contribution in [2.75, 3.05) is 0 Å². The third kappa shape index (κ3) is 1.42. The number of aromatic nitrogens is 1. The molecule has 69 valence electrons. The first-order chi connectivity index (χ1) is 6.66. The molecule has 2 rings (SSSR count). The number of primary amides is 1. The Morgan fingerprint density at radius 3 is 3.00 bits per heavy atom. The summed E-state index contributed by atoms with van der Waals surface area (Å²) in [5.74, 6) is -0.990. The summed E-state index contributed by atoms with van der Waals surface area (Å²) in [7, 11) is 0. The lowest BCUT2D eigenvalue weighted by Gasteiger charge is -1.98. The molecule has 0 aliphatic rings. The van der Waals surface area contributed by atoms with Gasteiger partial charge in [0.1, 0.15) is 11.5 Å². The topological polar surface area (TPSA) is 56.0 Å². The number of halogens is 1. The number of carbonyl (C=O) groups is 1. The minimum Gasteiger partial charge on any atom is -0.364 e. The minimum absolute atomic E-state index is 0.153. The molecule has 0 spiro atoms. The van der Waals surface area contributed by atoms with Gasteiger partial charge in [-0.3, -0.25) is 4.79 Å². The van der Waals surface area contributed by atoms with E-state index in [0.717, 1.165) is 0 Å². The van der Waals surface area contributed by atoms with E-state index in [0.29, 0.717) is 10.9 Å². The number of pyridine rings is 1. The standard InChI is InChI=1S/C10H6FN2O/c11-7-2-4-8-6(5-7)1-3-9(13-8)10(12)14/h1-3,5H,(H2,12,14). The Bertz CT molecular complexity index is 510. The molecule has 0 bridgehead atoms. The molecule has 1 heterocycles. The Balaban J connectivity index is 2.67. The predicted octanol–water partition coefficient (Wildman–Crippen LogP) is 1.27. The highest BCUT2D eigenvalue weighted by molar-refractivity contribution is 5.93. The van der Waals surface area contributed by atoms with E-state index < -0.39 is 5.91 Å². The number of carbonyl (C=O) groups excluding carboxylic acids is 1. The van der Waals surface area contributed by atoms with Gasteiger partial charge in [0, 0.05) is 11.5 Å². The van der Waals surface area contributed by atoms with Gasteiger partial charge < -0.3 is 5.73 Å². The maximum absolute atomic E-state index is 12.7. The van der Waals surface area contributed by atoms with Crippen molar-refractivity contribution >= 4 is 16.8 Å². The SMILES string of the molecule is NC(=O)c1ccc2cc(F)c[c]c2n1. The van der Waals surface area contributed by atoms with Gasteiger partial charge in [0.2, 0.25) is 0 Å². The van der Waals surface area contributed by atoms with Crippen LogP contribution in [0.2, 0.25) is 0 Å². The first-order valence-corrected chi connectivity index (χ1v) is 3.94. The monoisotopic (exact) mass is 189 g/mol. The summed E-state index contributed by atoms with van der Waals surface area (Å²) in [6, 6.07) is 8.15. The second kappa shape index (κ2) is 3.06. The van der Waals surface area contributed by atoms with Gasteiger partial charge in [0.25, 0.3) is 5.91 Å². The van der Waals surface area contributed by atoms with Gasteiger partial charge in [-0.2, -0.15) is 0 Å². The van der Waals surface area contributed by atoms with Gasteiger partial charge in [-0.05, 0) is 18.2 Å². The van der Waals surface area contributed by atoms with Crippen molar-refractivity contribution in [3.63, 3.8) is 0 Å². The molecule has 0 saturated heterocycles. The van der Waals surface area contributed by atoms with Crippen LogP contribution in [0, 0.1) is 11.9 Å². The molecule has 3 nitrogen and oxygen atoms in total. The van der Waals surface area contributed by atoms with Crippen LogP contribution in [0.3, 0.4) is 0 Å². The molecule has 1 aromatic heterocycles. The molecule has 4 heteroatoms. The summed E-state index contributed by atoms with van der Waals surface area (Å²) in [5.41, 5.74) is 5.63. The van der Waals surface area contributed by atoms with Crippen LogP contribution in [-0.2, 0) is 0 Å². The predicted molar refractivity (Wildman–Crippen MR) is 49.1 cm³/mol. The highest BCUT2D eigenvalue weighted by atomic mass is 19.1. The van der Waals surface area contributed by atoms with Gasteiger partial charge in [-0.25, -0.2) is 9.37 Å². The molecule has 0 unspecified atom stereocenters. The number of benzene rings is 1. The first-order valence-electron chi connectivity index (χ1n) is 3.94. The van der Waals surface area contributed by atoms with E-state index in [1.165, 1.54) is 18.2 Å². The maximum Gasteiger partial charge on any atom is 0.267 e. The normalized spacial score (nSPS) is 10.4. The zero-order valence-corrected chi connectivity index (χ0v) is 7.12. The molecule has 1 amide bonds. The molecule has 0 aliphatic heterocycles. The van der Waals surface area contributed by atoms with Crippen LogP contribution >= 0.6 is 0 Å². The lowest BCUT2D eigenvalue weighted by molar-refractivity contribution is 0.0996. The zero-order chi connectivity index (χ0) is 10.1. The van der Waals surface area contributed by atoms with Gasteiger partial charge in [0.15, 0.2) is 0 Å². The molecule has 2 aromatic rings. The van der Waals surface area contributed by atoms with E-state index in [1.807, 2.05) is 0 Å². The Hall–Kier alpha value is -1.97. The van der Waals surface area contributed by atoms with Crippen molar-refractivity contribution in [2.24, 2.45) is 5.73 Å². The van der Waals surface area contributed by atoms with Crippen molar-refractivity contribution in [3.05, 3.63) is 41.8 Å². The van der Waals surface area contributed by atoms with Crippen LogP contribution in [-0.4, -0.2) is 10.9 Å². The van der Waals surface area contributed by atoms with Crippen LogP contribution in [0.25, 0.3) is 10.9 Å². The maximum atomic E-state index is 12.7. The number of nitrogens with zero attached hydrogens (tertiary/aromatic N) is 1. The Morgan fingerprint density at radius 2 is 2.29 bits per heavy atom. The quantitative estimate of drug-likeness (QED) is 0.734. The molecule has 0 atom stereocenters. The molecule has 0 fully saturated rings. The van der Waals surface area contributed by atoms with Crippen molar-refractivity contribution in [3.8, 4) is 0 Å². The summed E-state index contributed by atoms with van der Waals surface area (Å²) < 4.78 is 12.7. The van der Waals surface area contributed by atoms with E-state index in [2.05, 4.69) is 11.1 Å². The van der Waals surface area contributed by atoms with Gasteiger partial charge in [-0.1, -0.05) is 6.07 Å².